The number of nitrogens with zero attached hydrogens (tertiary/aromatic N) is 3. The van der Waals surface area contributed by atoms with E-state index >= 15 is 0 Å². The van der Waals surface area contributed by atoms with Crippen LogP contribution in [-0.4, -0.2) is 56.1 Å². The summed E-state index contributed by atoms with van der Waals surface area (Å²) in [6.45, 7) is 6.12. The molecule has 0 radical (unpaired) electrons. The molecule has 0 atom stereocenters. The highest BCUT2D eigenvalue weighted by Crippen LogP contribution is 2.02. The van der Waals surface area contributed by atoms with Crippen LogP contribution in [0.1, 0.15) is 25.2 Å². The summed E-state index contributed by atoms with van der Waals surface area (Å²) < 4.78 is 0. The molecular weight excluding hydrogens is 222 g/mol. The van der Waals surface area contributed by atoms with Crippen molar-refractivity contribution in [1.82, 2.24) is 14.8 Å². The smallest absolute Gasteiger partial charge is 0.0419 e. The lowest BCUT2D eigenvalue weighted by molar-refractivity contribution is 0.407. The Balaban J connectivity index is 0.00000137. The molecule has 1 heterocycles. The maximum Gasteiger partial charge on any atom is 0.0419 e. The predicted octanol–water partition coefficient (Wildman–Crippen LogP) is 2.32. The Morgan fingerprint density at radius 3 is 1.56 bits per heavy atom. The van der Waals surface area contributed by atoms with Crippen LogP contribution >= 0.6 is 0 Å². The van der Waals surface area contributed by atoms with Crippen LogP contribution in [0.15, 0.2) is 18.2 Å². The first kappa shape index (κ1) is 17.1. The molecule has 0 aromatic carbocycles. The Kier molecular flexibility index (Phi) is 9.52. The molecule has 0 bridgehead atoms. The Bertz CT molecular complexity index is 281. The number of pyridine rings is 1. The van der Waals surface area contributed by atoms with Crippen LogP contribution < -0.4 is 0 Å². The van der Waals surface area contributed by atoms with E-state index < -0.39 is 0 Å². The largest absolute Gasteiger partial charge is 0.309 e. The molecule has 3 nitrogen and oxygen atoms in total. The first-order valence-electron chi connectivity index (χ1n) is 6.82. The molecule has 0 aliphatic carbocycles. The average Bonchev–Trinajstić information content (AvgIpc) is 2.37. The van der Waals surface area contributed by atoms with E-state index in [1.807, 2.05) is 13.8 Å². The third-order valence-corrected chi connectivity index (χ3v) is 2.49. The summed E-state index contributed by atoms with van der Waals surface area (Å²) in [7, 11) is 8.37. The van der Waals surface area contributed by atoms with Gasteiger partial charge in [0.25, 0.3) is 0 Å². The normalized spacial score (nSPS) is 10.4. The van der Waals surface area contributed by atoms with Gasteiger partial charge in [-0.15, -0.1) is 0 Å². The summed E-state index contributed by atoms with van der Waals surface area (Å²) in [4.78, 5) is 9.04. The SMILES string of the molecule is CC.CN(C)CCc1cccc(CCN(C)C)n1. The lowest BCUT2D eigenvalue weighted by atomic mass is 10.2. The molecule has 3 heteroatoms. The summed E-state index contributed by atoms with van der Waals surface area (Å²) in [6.07, 6.45) is 2.06. The van der Waals surface area contributed by atoms with Crippen LogP contribution in [0.3, 0.4) is 0 Å². The number of hydrogen-bond donors (Lipinski definition) is 0. The van der Waals surface area contributed by atoms with E-state index in [-0.39, 0.29) is 0 Å². The van der Waals surface area contributed by atoms with Crippen LogP contribution in [0.25, 0.3) is 0 Å². The van der Waals surface area contributed by atoms with Crippen molar-refractivity contribution in [3.8, 4) is 0 Å². The lowest BCUT2D eigenvalue weighted by Crippen LogP contribution is -2.17. The van der Waals surface area contributed by atoms with E-state index in [1.165, 1.54) is 11.4 Å². The molecule has 0 fully saturated rings. The molecule has 0 unspecified atom stereocenters. The van der Waals surface area contributed by atoms with E-state index in [2.05, 4.69) is 61.2 Å². The average molecular weight is 251 g/mol. The summed E-state index contributed by atoms with van der Waals surface area (Å²) in [6, 6.07) is 6.34. The molecular formula is C15H29N3. The van der Waals surface area contributed by atoms with E-state index in [4.69, 9.17) is 0 Å². The van der Waals surface area contributed by atoms with Gasteiger partial charge >= 0.3 is 0 Å². The molecule has 0 aliphatic rings. The maximum absolute atomic E-state index is 4.66. The minimum atomic E-state index is 1.03. The van der Waals surface area contributed by atoms with E-state index in [9.17, 15) is 0 Å². The van der Waals surface area contributed by atoms with Gasteiger partial charge in [-0.05, 0) is 40.3 Å². The minimum absolute atomic E-state index is 1.03. The molecule has 0 amide bonds. The fraction of sp³-hybridized carbons (Fsp3) is 0.667. The molecule has 1 aromatic rings. The van der Waals surface area contributed by atoms with Gasteiger partial charge in [0, 0.05) is 37.3 Å². The molecule has 18 heavy (non-hydrogen) atoms. The Hall–Kier alpha value is -0.930. The summed E-state index contributed by atoms with van der Waals surface area (Å²) in [5.41, 5.74) is 2.40. The molecule has 0 saturated carbocycles. The second-order valence-electron chi connectivity index (χ2n) is 4.73. The highest BCUT2D eigenvalue weighted by molar-refractivity contribution is 5.12. The van der Waals surface area contributed by atoms with Crippen molar-refractivity contribution >= 4 is 0 Å². The van der Waals surface area contributed by atoms with Crippen molar-refractivity contribution in [2.45, 2.75) is 26.7 Å². The van der Waals surface area contributed by atoms with Crippen LogP contribution in [0.5, 0.6) is 0 Å². The third-order valence-electron chi connectivity index (χ3n) is 2.49. The number of hydrogen-bond acceptors (Lipinski definition) is 3. The fourth-order valence-corrected chi connectivity index (χ4v) is 1.48. The van der Waals surface area contributed by atoms with Crippen molar-refractivity contribution in [3.63, 3.8) is 0 Å². The van der Waals surface area contributed by atoms with Gasteiger partial charge in [0.2, 0.25) is 0 Å². The van der Waals surface area contributed by atoms with Crippen molar-refractivity contribution < 1.29 is 0 Å². The highest BCUT2D eigenvalue weighted by Gasteiger charge is 2.00. The lowest BCUT2D eigenvalue weighted by Gasteiger charge is -2.11. The van der Waals surface area contributed by atoms with Crippen LogP contribution in [-0.2, 0) is 12.8 Å². The second-order valence-corrected chi connectivity index (χ2v) is 4.73. The number of aromatic nitrogens is 1. The Morgan fingerprint density at radius 1 is 0.833 bits per heavy atom. The topological polar surface area (TPSA) is 19.4 Å². The first-order valence-corrected chi connectivity index (χ1v) is 6.82. The van der Waals surface area contributed by atoms with Crippen molar-refractivity contribution in [2.24, 2.45) is 0 Å². The quantitative estimate of drug-likeness (QED) is 0.773. The highest BCUT2D eigenvalue weighted by atomic mass is 15.1. The molecule has 0 saturated heterocycles. The minimum Gasteiger partial charge on any atom is -0.309 e. The zero-order valence-electron chi connectivity index (χ0n) is 12.9. The van der Waals surface area contributed by atoms with Crippen LogP contribution in [0.4, 0.5) is 0 Å². The van der Waals surface area contributed by atoms with Gasteiger partial charge in [0.15, 0.2) is 0 Å². The van der Waals surface area contributed by atoms with E-state index in [0.29, 0.717) is 0 Å². The van der Waals surface area contributed by atoms with E-state index in [0.717, 1.165) is 25.9 Å². The monoisotopic (exact) mass is 251 g/mol. The van der Waals surface area contributed by atoms with Crippen LogP contribution in [0, 0.1) is 0 Å². The van der Waals surface area contributed by atoms with Crippen molar-refractivity contribution in [3.05, 3.63) is 29.6 Å². The molecule has 1 rings (SSSR count). The van der Waals surface area contributed by atoms with Gasteiger partial charge in [0.1, 0.15) is 0 Å². The van der Waals surface area contributed by atoms with Gasteiger partial charge in [-0.1, -0.05) is 19.9 Å². The van der Waals surface area contributed by atoms with Crippen molar-refractivity contribution in [1.29, 1.82) is 0 Å². The number of rotatable bonds is 6. The third kappa shape index (κ3) is 8.20. The molecule has 0 aliphatic heterocycles. The standard InChI is InChI=1S/C13H23N3.C2H6/c1-15(2)10-8-12-6-5-7-13(14-12)9-11-16(3)4;1-2/h5-7H,8-11H2,1-4H3;1-2H3. The molecule has 1 aromatic heterocycles. The predicted molar refractivity (Wildman–Crippen MR) is 80.1 cm³/mol. The summed E-state index contributed by atoms with van der Waals surface area (Å²) >= 11 is 0. The summed E-state index contributed by atoms with van der Waals surface area (Å²) in [5, 5.41) is 0. The summed E-state index contributed by atoms with van der Waals surface area (Å²) in [5.74, 6) is 0. The first-order chi connectivity index (χ1) is 8.58. The van der Waals surface area contributed by atoms with E-state index in [1.54, 1.807) is 0 Å². The maximum atomic E-state index is 4.66. The zero-order chi connectivity index (χ0) is 14.0. The van der Waals surface area contributed by atoms with Gasteiger partial charge in [0.05, 0.1) is 0 Å². The number of likely N-dealkylation sites (N-methyl/N-ethyl adjacent to an activating group) is 2. The zero-order valence-corrected chi connectivity index (χ0v) is 12.9. The van der Waals surface area contributed by atoms with Gasteiger partial charge in [-0.25, -0.2) is 0 Å². The Labute approximate surface area is 113 Å². The fourth-order valence-electron chi connectivity index (χ4n) is 1.48. The Morgan fingerprint density at radius 2 is 1.22 bits per heavy atom. The van der Waals surface area contributed by atoms with Gasteiger partial charge in [-0.3, -0.25) is 4.98 Å². The van der Waals surface area contributed by atoms with Crippen molar-refractivity contribution in [2.75, 3.05) is 41.3 Å². The van der Waals surface area contributed by atoms with Gasteiger partial charge < -0.3 is 9.80 Å². The molecule has 0 spiro atoms. The second kappa shape index (κ2) is 10.0. The molecule has 104 valence electrons. The molecule has 0 N–H and O–H groups in total. The van der Waals surface area contributed by atoms with Gasteiger partial charge in [-0.2, -0.15) is 0 Å². The van der Waals surface area contributed by atoms with Crippen LogP contribution in [0.2, 0.25) is 0 Å².